The number of hydrogen-bond donors (Lipinski definition) is 2. The molecule has 2 amide bonds. The lowest BCUT2D eigenvalue weighted by Gasteiger charge is -2.30. The van der Waals surface area contributed by atoms with E-state index in [-0.39, 0.29) is 17.7 Å². The maximum Gasteiger partial charge on any atom is 0.253 e. The van der Waals surface area contributed by atoms with Crippen LogP contribution < -0.4 is 11.1 Å². The third kappa shape index (κ3) is 4.03. The molecule has 7 heteroatoms. The van der Waals surface area contributed by atoms with Crippen molar-refractivity contribution in [2.75, 3.05) is 18.4 Å². The molecule has 29 heavy (non-hydrogen) atoms. The van der Waals surface area contributed by atoms with Crippen LogP contribution >= 0.6 is 0 Å². The molecular weight excluding hydrogens is 366 g/mol. The Bertz CT molecular complexity index is 1060. The fraction of sp³-hybridized carbons (Fsp3) is 0.273. The number of carbonyl (C=O) groups excluding carboxylic acids is 2. The average Bonchev–Trinajstić information content (AvgIpc) is 2.74. The molecule has 148 valence electrons. The Balaban J connectivity index is 1.54. The molecule has 0 spiro atoms. The van der Waals surface area contributed by atoms with Crippen molar-refractivity contribution in [1.29, 1.82) is 0 Å². The van der Waals surface area contributed by atoms with E-state index in [4.69, 9.17) is 5.73 Å². The van der Waals surface area contributed by atoms with Crippen LogP contribution in [0.5, 0.6) is 0 Å². The summed E-state index contributed by atoms with van der Waals surface area (Å²) in [5, 5.41) is 4.16. The zero-order valence-corrected chi connectivity index (χ0v) is 16.3. The number of nitrogens with one attached hydrogen (secondary N) is 1. The Kier molecular flexibility index (Phi) is 5.12. The zero-order valence-electron chi connectivity index (χ0n) is 16.3. The van der Waals surface area contributed by atoms with Gasteiger partial charge in [0.05, 0.1) is 5.52 Å². The van der Waals surface area contributed by atoms with Gasteiger partial charge in [-0.2, -0.15) is 0 Å². The molecule has 0 bridgehead atoms. The van der Waals surface area contributed by atoms with Gasteiger partial charge in [-0.3, -0.25) is 9.59 Å². The van der Waals surface area contributed by atoms with Crippen LogP contribution in [0.3, 0.4) is 0 Å². The molecule has 0 atom stereocenters. The molecular formula is C22H23N5O2. The number of fused-ring (bicyclic) bond motifs is 1. The van der Waals surface area contributed by atoms with Gasteiger partial charge in [-0.15, -0.1) is 0 Å². The first-order chi connectivity index (χ1) is 14.0. The predicted octanol–water partition coefficient (Wildman–Crippen LogP) is 3.02. The summed E-state index contributed by atoms with van der Waals surface area (Å²) in [6.45, 7) is 3.11. The van der Waals surface area contributed by atoms with E-state index in [1.54, 1.807) is 17.0 Å². The Hall–Kier alpha value is -3.48. The number of benzene rings is 2. The van der Waals surface area contributed by atoms with E-state index in [9.17, 15) is 9.59 Å². The molecule has 0 aliphatic carbocycles. The van der Waals surface area contributed by atoms with Crippen LogP contribution in [0.4, 0.5) is 11.5 Å². The highest BCUT2D eigenvalue weighted by molar-refractivity contribution is 6.00. The molecule has 1 fully saturated rings. The summed E-state index contributed by atoms with van der Waals surface area (Å²) in [5.74, 6) is 0.216. The highest BCUT2D eigenvalue weighted by atomic mass is 16.2. The van der Waals surface area contributed by atoms with Gasteiger partial charge in [0.1, 0.15) is 12.1 Å². The number of primary amides is 1. The number of amides is 2. The van der Waals surface area contributed by atoms with Crippen LogP contribution in [0.15, 0.2) is 48.8 Å². The van der Waals surface area contributed by atoms with E-state index >= 15 is 0 Å². The minimum absolute atomic E-state index is 0.0542. The minimum atomic E-state index is -0.284. The maximum atomic E-state index is 12.9. The van der Waals surface area contributed by atoms with Crippen molar-refractivity contribution < 1.29 is 9.59 Å². The average molecular weight is 389 g/mol. The molecule has 3 N–H and O–H groups in total. The van der Waals surface area contributed by atoms with Crippen molar-refractivity contribution in [2.24, 2.45) is 11.7 Å². The van der Waals surface area contributed by atoms with Gasteiger partial charge in [-0.05, 0) is 50.1 Å². The van der Waals surface area contributed by atoms with E-state index in [1.807, 2.05) is 37.3 Å². The first-order valence-corrected chi connectivity index (χ1v) is 9.68. The monoisotopic (exact) mass is 389 g/mol. The Labute approximate surface area is 168 Å². The molecule has 4 rings (SSSR count). The van der Waals surface area contributed by atoms with Crippen molar-refractivity contribution in [3.05, 3.63) is 59.9 Å². The van der Waals surface area contributed by atoms with E-state index in [0.29, 0.717) is 42.8 Å². The lowest BCUT2D eigenvalue weighted by Crippen LogP contribution is -2.41. The van der Waals surface area contributed by atoms with Crippen LogP contribution in [0.2, 0.25) is 0 Å². The highest BCUT2D eigenvalue weighted by Crippen LogP contribution is 2.25. The number of hydrogen-bond acceptors (Lipinski definition) is 5. The molecule has 0 saturated carbocycles. The number of nitrogens with zero attached hydrogens (tertiary/aromatic N) is 3. The molecule has 0 radical (unpaired) electrons. The van der Waals surface area contributed by atoms with Gasteiger partial charge in [-0.25, -0.2) is 9.97 Å². The third-order valence-corrected chi connectivity index (χ3v) is 5.38. The molecule has 1 saturated heterocycles. The van der Waals surface area contributed by atoms with Gasteiger partial charge < -0.3 is 16.0 Å². The van der Waals surface area contributed by atoms with E-state index < -0.39 is 0 Å². The lowest BCUT2D eigenvalue weighted by atomic mass is 9.96. The predicted molar refractivity (Wildman–Crippen MR) is 112 cm³/mol. The molecule has 0 unspecified atom stereocenters. The van der Waals surface area contributed by atoms with Gasteiger partial charge in [-0.1, -0.05) is 17.7 Å². The highest BCUT2D eigenvalue weighted by Gasteiger charge is 2.26. The second-order valence-corrected chi connectivity index (χ2v) is 7.41. The molecule has 7 nitrogen and oxygen atoms in total. The Morgan fingerprint density at radius 3 is 2.48 bits per heavy atom. The molecule has 2 heterocycles. The van der Waals surface area contributed by atoms with Gasteiger partial charge in [0.15, 0.2) is 0 Å². The van der Waals surface area contributed by atoms with Crippen molar-refractivity contribution in [1.82, 2.24) is 14.9 Å². The standard InChI is InChI=1S/C22H23N5O2/c1-14-2-5-17(6-3-14)26-21-18-7-4-16(12-19(18)24-13-25-21)22(29)27-10-8-15(9-11-27)20(23)28/h2-7,12-13,15H,8-11H2,1H3,(H2,23,28)(H,24,25,26). The van der Waals surface area contributed by atoms with Gasteiger partial charge in [0.2, 0.25) is 5.91 Å². The van der Waals surface area contributed by atoms with Crippen molar-refractivity contribution in [2.45, 2.75) is 19.8 Å². The summed E-state index contributed by atoms with van der Waals surface area (Å²) in [6.07, 6.45) is 2.72. The fourth-order valence-corrected chi connectivity index (χ4v) is 3.61. The first kappa shape index (κ1) is 18.9. The second-order valence-electron chi connectivity index (χ2n) is 7.41. The van der Waals surface area contributed by atoms with Crippen molar-refractivity contribution in [3.8, 4) is 0 Å². The smallest absolute Gasteiger partial charge is 0.253 e. The summed E-state index contributed by atoms with van der Waals surface area (Å²) < 4.78 is 0. The Morgan fingerprint density at radius 2 is 1.79 bits per heavy atom. The van der Waals surface area contributed by atoms with Crippen LogP contribution in [0, 0.1) is 12.8 Å². The number of carbonyl (C=O) groups is 2. The first-order valence-electron chi connectivity index (χ1n) is 9.68. The SMILES string of the molecule is Cc1ccc(Nc2ncnc3cc(C(=O)N4CCC(C(N)=O)CC4)ccc23)cc1. The van der Waals surface area contributed by atoms with E-state index in [2.05, 4.69) is 15.3 Å². The van der Waals surface area contributed by atoms with Gasteiger partial charge in [0.25, 0.3) is 5.91 Å². The van der Waals surface area contributed by atoms with Crippen molar-refractivity contribution >= 4 is 34.2 Å². The zero-order chi connectivity index (χ0) is 20.4. The summed E-state index contributed by atoms with van der Waals surface area (Å²) >= 11 is 0. The number of piperidine rings is 1. The number of nitrogens with two attached hydrogens (primary N) is 1. The summed E-state index contributed by atoms with van der Waals surface area (Å²) in [4.78, 5) is 34.7. The van der Waals surface area contributed by atoms with Crippen LogP contribution in [-0.4, -0.2) is 39.8 Å². The van der Waals surface area contributed by atoms with E-state index in [1.165, 1.54) is 11.9 Å². The Morgan fingerprint density at radius 1 is 1.07 bits per heavy atom. The summed E-state index contributed by atoms with van der Waals surface area (Å²) in [7, 11) is 0. The summed E-state index contributed by atoms with van der Waals surface area (Å²) in [5.41, 5.74) is 8.78. The van der Waals surface area contributed by atoms with Crippen LogP contribution in [0.1, 0.15) is 28.8 Å². The molecule has 2 aromatic carbocycles. The molecule has 1 aromatic heterocycles. The largest absolute Gasteiger partial charge is 0.369 e. The van der Waals surface area contributed by atoms with Crippen LogP contribution in [-0.2, 0) is 4.79 Å². The molecule has 1 aliphatic rings. The molecule has 3 aromatic rings. The number of rotatable bonds is 4. The van der Waals surface area contributed by atoms with Crippen molar-refractivity contribution in [3.63, 3.8) is 0 Å². The quantitative estimate of drug-likeness (QED) is 0.714. The van der Waals surface area contributed by atoms with Gasteiger partial charge in [0, 0.05) is 35.6 Å². The minimum Gasteiger partial charge on any atom is -0.369 e. The fourth-order valence-electron chi connectivity index (χ4n) is 3.61. The normalized spacial score (nSPS) is 14.7. The topological polar surface area (TPSA) is 101 Å². The van der Waals surface area contributed by atoms with E-state index in [0.717, 1.165) is 11.1 Å². The number of aryl methyl sites for hydroxylation is 1. The maximum absolute atomic E-state index is 12.9. The molecule has 1 aliphatic heterocycles. The summed E-state index contributed by atoms with van der Waals surface area (Å²) in [6, 6.07) is 13.5. The second kappa shape index (κ2) is 7.87. The third-order valence-electron chi connectivity index (χ3n) is 5.38. The van der Waals surface area contributed by atoms with Gasteiger partial charge >= 0.3 is 0 Å². The number of likely N-dealkylation sites (tertiary alicyclic amines) is 1. The number of anilines is 2. The lowest BCUT2D eigenvalue weighted by molar-refractivity contribution is -0.123. The van der Waals surface area contributed by atoms with Crippen LogP contribution in [0.25, 0.3) is 10.9 Å². The number of aromatic nitrogens is 2.